The number of urea groups is 1. The molecule has 3 N–H and O–H groups in total. The normalized spacial score (nSPS) is 11.8. The Labute approximate surface area is 241 Å². The van der Waals surface area contributed by atoms with E-state index in [2.05, 4.69) is 16.0 Å². The Bertz CT molecular complexity index is 1690. The van der Waals surface area contributed by atoms with Crippen molar-refractivity contribution in [1.82, 2.24) is 10.3 Å². The van der Waals surface area contributed by atoms with Crippen LogP contribution in [0.5, 0.6) is 17.2 Å². The molecular weight excluding hydrogens is 544 g/mol. The fourth-order valence-electron chi connectivity index (χ4n) is 4.40. The molecule has 10 heteroatoms. The van der Waals surface area contributed by atoms with Gasteiger partial charge in [-0.3, -0.25) is 0 Å². The number of amides is 2. The second-order valence-corrected chi connectivity index (χ2v) is 9.68. The van der Waals surface area contributed by atoms with E-state index in [0.29, 0.717) is 59.9 Å². The van der Waals surface area contributed by atoms with E-state index in [1.165, 1.54) is 0 Å². The number of hydrogen-bond acceptors (Lipinski definition) is 7. The number of carbonyl (C=O) groups is 1. The number of nitrogens with zero attached hydrogens (tertiary/aromatic N) is 1. The first kappa shape index (κ1) is 26.3. The Kier molecular flexibility index (Phi) is 7.77. The lowest BCUT2D eigenvalue weighted by molar-refractivity contribution is 0.174. The standard InChI is InChI=1S/C31H27ClN4O5/c32-24-7-2-1-6-23(24)25-13-11-22(41-25)18-34-29-14-9-20-5-3-8-27(30(20)36-29)38-16-4-15-33-31(37)35-21-10-12-26-28(17-21)40-19-39-26/h1-3,5-14,17H,4,15-16,18-19H2,(H,34,36)(H2,33,35,37). The molecule has 6 rings (SSSR count). The van der Waals surface area contributed by atoms with Gasteiger partial charge in [-0.25, -0.2) is 9.78 Å². The van der Waals surface area contributed by atoms with Crippen LogP contribution in [0, 0.1) is 0 Å². The van der Waals surface area contributed by atoms with Crippen molar-refractivity contribution in [2.24, 2.45) is 0 Å². The molecule has 5 aromatic rings. The van der Waals surface area contributed by atoms with Crippen LogP contribution in [0.3, 0.4) is 0 Å². The molecule has 0 spiro atoms. The maximum atomic E-state index is 12.2. The van der Waals surface area contributed by atoms with Crippen LogP contribution in [0.2, 0.25) is 5.02 Å². The lowest BCUT2D eigenvalue weighted by Crippen LogP contribution is -2.30. The molecule has 2 amide bonds. The number of nitrogens with one attached hydrogen (secondary N) is 3. The fourth-order valence-corrected chi connectivity index (χ4v) is 4.63. The van der Waals surface area contributed by atoms with Gasteiger partial charge in [0.2, 0.25) is 6.79 Å². The molecule has 0 aliphatic carbocycles. The summed E-state index contributed by atoms with van der Waals surface area (Å²) < 4.78 is 22.6. The van der Waals surface area contributed by atoms with Gasteiger partial charge in [-0.15, -0.1) is 0 Å². The second kappa shape index (κ2) is 12.1. The molecule has 208 valence electrons. The van der Waals surface area contributed by atoms with Gasteiger partial charge in [0.05, 0.1) is 18.2 Å². The van der Waals surface area contributed by atoms with E-state index in [0.717, 1.165) is 28.0 Å². The van der Waals surface area contributed by atoms with Gasteiger partial charge in [0.25, 0.3) is 0 Å². The highest BCUT2D eigenvalue weighted by molar-refractivity contribution is 6.33. The first-order valence-electron chi connectivity index (χ1n) is 13.2. The number of carbonyl (C=O) groups excluding carboxylic acids is 1. The van der Waals surface area contributed by atoms with Crippen molar-refractivity contribution in [3.05, 3.63) is 95.7 Å². The van der Waals surface area contributed by atoms with Crippen molar-refractivity contribution in [3.63, 3.8) is 0 Å². The van der Waals surface area contributed by atoms with Gasteiger partial charge in [0.15, 0.2) is 11.5 Å². The van der Waals surface area contributed by atoms with Crippen LogP contribution >= 0.6 is 11.6 Å². The SMILES string of the molecule is O=C(NCCCOc1cccc2ccc(NCc3ccc(-c4ccccc4Cl)o3)nc12)Nc1ccc2c(c1)OCO2. The molecule has 0 atom stereocenters. The van der Waals surface area contributed by atoms with Gasteiger partial charge in [-0.1, -0.05) is 35.9 Å². The largest absolute Gasteiger partial charge is 0.491 e. The highest BCUT2D eigenvalue weighted by Gasteiger charge is 2.14. The number of furan rings is 1. The first-order valence-corrected chi connectivity index (χ1v) is 13.5. The van der Waals surface area contributed by atoms with Gasteiger partial charge >= 0.3 is 6.03 Å². The molecule has 1 aliphatic rings. The van der Waals surface area contributed by atoms with E-state index < -0.39 is 0 Å². The summed E-state index contributed by atoms with van der Waals surface area (Å²) in [6.07, 6.45) is 0.620. The maximum Gasteiger partial charge on any atom is 0.319 e. The third-order valence-corrected chi connectivity index (χ3v) is 6.75. The topological polar surface area (TPSA) is 107 Å². The molecule has 0 unspecified atom stereocenters. The molecule has 0 saturated carbocycles. The summed E-state index contributed by atoms with van der Waals surface area (Å²) in [5, 5.41) is 10.6. The molecule has 3 aromatic carbocycles. The smallest absolute Gasteiger partial charge is 0.319 e. The Morgan fingerprint density at radius 1 is 0.951 bits per heavy atom. The van der Waals surface area contributed by atoms with Crippen LogP contribution in [-0.2, 0) is 6.54 Å². The molecule has 3 heterocycles. The van der Waals surface area contributed by atoms with Gasteiger partial charge < -0.3 is 34.6 Å². The highest BCUT2D eigenvalue weighted by atomic mass is 35.5. The van der Waals surface area contributed by atoms with Crippen molar-refractivity contribution in [2.45, 2.75) is 13.0 Å². The van der Waals surface area contributed by atoms with Gasteiger partial charge in [-0.05, 0) is 61.0 Å². The van der Waals surface area contributed by atoms with Crippen molar-refractivity contribution in [1.29, 1.82) is 0 Å². The molecule has 0 saturated heterocycles. The fraction of sp³-hybridized carbons (Fsp3) is 0.161. The molecule has 0 radical (unpaired) electrons. The summed E-state index contributed by atoms with van der Waals surface area (Å²) in [5.74, 6) is 4.14. The first-order chi connectivity index (χ1) is 20.1. The van der Waals surface area contributed by atoms with E-state index in [1.54, 1.807) is 18.2 Å². The van der Waals surface area contributed by atoms with E-state index in [9.17, 15) is 4.79 Å². The quantitative estimate of drug-likeness (QED) is 0.154. The van der Waals surface area contributed by atoms with Crippen LogP contribution in [0.15, 0.2) is 89.3 Å². The Hall–Kier alpha value is -4.89. The van der Waals surface area contributed by atoms with Crippen LogP contribution in [0.25, 0.3) is 22.2 Å². The third kappa shape index (κ3) is 6.31. The summed E-state index contributed by atoms with van der Waals surface area (Å²) in [5.41, 5.74) is 2.23. The highest BCUT2D eigenvalue weighted by Crippen LogP contribution is 2.34. The van der Waals surface area contributed by atoms with Crippen molar-refractivity contribution in [3.8, 4) is 28.6 Å². The predicted molar refractivity (Wildman–Crippen MR) is 158 cm³/mol. The summed E-state index contributed by atoms with van der Waals surface area (Å²) in [4.78, 5) is 17.0. The number of pyridine rings is 1. The lowest BCUT2D eigenvalue weighted by atomic mass is 10.2. The zero-order chi connectivity index (χ0) is 28.0. The number of anilines is 2. The minimum absolute atomic E-state index is 0.187. The van der Waals surface area contributed by atoms with Crippen LogP contribution < -0.4 is 30.2 Å². The van der Waals surface area contributed by atoms with Gasteiger partial charge in [0, 0.05) is 29.2 Å². The minimum Gasteiger partial charge on any atom is -0.491 e. The molecule has 2 aromatic heterocycles. The number of fused-ring (bicyclic) bond motifs is 2. The van der Waals surface area contributed by atoms with Gasteiger partial charge in [-0.2, -0.15) is 0 Å². The van der Waals surface area contributed by atoms with E-state index in [1.807, 2.05) is 66.7 Å². The summed E-state index contributed by atoms with van der Waals surface area (Å²) in [6.45, 7) is 1.51. The van der Waals surface area contributed by atoms with Gasteiger partial charge in [0.1, 0.15) is 28.6 Å². The predicted octanol–water partition coefficient (Wildman–Crippen LogP) is 7.08. The van der Waals surface area contributed by atoms with E-state index >= 15 is 0 Å². The summed E-state index contributed by atoms with van der Waals surface area (Å²) in [7, 11) is 0. The number of halogens is 1. The van der Waals surface area contributed by atoms with Crippen LogP contribution in [-0.4, -0.2) is 31.0 Å². The zero-order valence-electron chi connectivity index (χ0n) is 22.0. The molecule has 1 aliphatic heterocycles. The number of ether oxygens (including phenoxy) is 3. The summed E-state index contributed by atoms with van der Waals surface area (Å²) >= 11 is 6.30. The minimum atomic E-state index is -0.304. The summed E-state index contributed by atoms with van der Waals surface area (Å²) in [6, 6.07) is 26.1. The average Bonchev–Trinajstić information content (AvgIpc) is 3.66. The average molecular weight is 571 g/mol. The number of rotatable bonds is 10. The Morgan fingerprint density at radius 3 is 2.78 bits per heavy atom. The van der Waals surface area contributed by atoms with Crippen molar-refractivity contribution >= 4 is 40.0 Å². The monoisotopic (exact) mass is 570 g/mol. The Morgan fingerprint density at radius 2 is 1.85 bits per heavy atom. The number of hydrogen-bond donors (Lipinski definition) is 3. The molecule has 41 heavy (non-hydrogen) atoms. The van der Waals surface area contributed by atoms with Crippen molar-refractivity contribution < 1.29 is 23.4 Å². The van der Waals surface area contributed by atoms with Crippen LogP contribution in [0.1, 0.15) is 12.2 Å². The van der Waals surface area contributed by atoms with Crippen LogP contribution in [0.4, 0.5) is 16.3 Å². The second-order valence-electron chi connectivity index (χ2n) is 9.27. The zero-order valence-corrected chi connectivity index (χ0v) is 22.7. The molecule has 0 bridgehead atoms. The third-order valence-electron chi connectivity index (χ3n) is 6.42. The lowest BCUT2D eigenvalue weighted by Gasteiger charge is -2.11. The van der Waals surface area contributed by atoms with E-state index in [-0.39, 0.29) is 12.8 Å². The van der Waals surface area contributed by atoms with E-state index in [4.69, 9.17) is 35.2 Å². The molecule has 9 nitrogen and oxygen atoms in total. The number of aromatic nitrogens is 1. The molecular formula is C31H27ClN4O5. The van der Waals surface area contributed by atoms with Crippen molar-refractivity contribution in [2.75, 3.05) is 30.6 Å². The Balaban J connectivity index is 1.000. The number of para-hydroxylation sites is 1. The number of benzene rings is 3. The maximum absolute atomic E-state index is 12.2. The molecule has 0 fully saturated rings.